The lowest BCUT2D eigenvalue weighted by molar-refractivity contribution is 1.28. The highest BCUT2D eigenvalue weighted by Crippen LogP contribution is 2.45. The third-order valence-electron chi connectivity index (χ3n) is 15.9. The molecule has 11 aromatic rings. The Labute approximate surface area is 466 Å². The number of aromatic amines is 2. The molecule has 0 radical (unpaired) electrons. The summed E-state index contributed by atoms with van der Waals surface area (Å²) in [6.45, 7) is 17.7. The quantitative estimate of drug-likeness (QED) is 0.157. The maximum atomic E-state index is 5.78. The lowest BCUT2D eigenvalue weighted by atomic mass is 9.91. The predicted molar refractivity (Wildman–Crippen MR) is 331 cm³/mol. The van der Waals surface area contributed by atoms with E-state index in [0.29, 0.717) is 0 Å². The van der Waals surface area contributed by atoms with Crippen molar-refractivity contribution < 1.29 is 0 Å². The van der Waals surface area contributed by atoms with Crippen molar-refractivity contribution in [3.63, 3.8) is 0 Å². The maximum absolute atomic E-state index is 5.78. The van der Waals surface area contributed by atoms with Crippen LogP contribution in [0.3, 0.4) is 0 Å². The molecule has 7 aromatic heterocycles. The molecule has 8 nitrogen and oxygen atoms in total. The van der Waals surface area contributed by atoms with Crippen molar-refractivity contribution in [1.82, 2.24) is 39.9 Å². The highest BCUT2D eigenvalue weighted by atomic mass is 14.8. The van der Waals surface area contributed by atoms with E-state index in [9.17, 15) is 0 Å². The lowest BCUT2D eigenvalue weighted by Crippen LogP contribution is -1.97. The van der Waals surface area contributed by atoms with Crippen molar-refractivity contribution >= 4 is 46.4 Å². The number of nitrogens with one attached hydrogen (secondary N) is 2. The molecular weight excluding hydrogens is 977 g/mol. The van der Waals surface area contributed by atoms with Crippen LogP contribution >= 0.6 is 0 Å². The minimum atomic E-state index is 0.864. The second-order valence-electron chi connectivity index (χ2n) is 21.4. The average molecular weight is 1040 g/mol. The molecule has 4 aromatic carbocycles. The lowest BCUT2D eigenvalue weighted by Gasteiger charge is -2.16. The number of hydrogen-bond acceptors (Lipinski definition) is 6. The van der Waals surface area contributed by atoms with Crippen molar-refractivity contribution in [1.29, 1.82) is 0 Å². The van der Waals surface area contributed by atoms with Gasteiger partial charge >= 0.3 is 0 Å². The van der Waals surface area contributed by atoms with Crippen molar-refractivity contribution in [2.75, 3.05) is 0 Å². The Hall–Kier alpha value is -9.92. The van der Waals surface area contributed by atoms with Crippen molar-refractivity contribution in [3.8, 4) is 89.0 Å². The van der Waals surface area contributed by atoms with Crippen LogP contribution in [-0.4, -0.2) is 39.9 Å². The Morgan fingerprint density at radius 3 is 0.650 bits per heavy atom. The molecule has 0 unspecified atom stereocenters. The number of H-pyrrole nitrogens is 2. The number of rotatable bonds is 8. The van der Waals surface area contributed by atoms with Crippen LogP contribution in [0, 0.1) is 55.4 Å². The zero-order valence-corrected chi connectivity index (χ0v) is 46.2. The predicted octanol–water partition coefficient (Wildman–Crippen LogP) is 18.0. The van der Waals surface area contributed by atoms with Gasteiger partial charge in [-0.15, -0.1) is 0 Å². The zero-order valence-electron chi connectivity index (χ0n) is 46.2. The van der Waals surface area contributed by atoms with Crippen LogP contribution in [0.1, 0.15) is 67.3 Å². The average Bonchev–Trinajstić information content (AvgIpc) is 4.34. The van der Waals surface area contributed by atoms with Crippen LogP contribution in [-0.2, 0) is 0 Å². The molecule has 0 amide bonds. The van der Waals surface area contributed by atoms with E-state index in [0.717, 1.165) is 178 Å². The van der Waals surface area contributed by atoms with E-state index in [2.05, 4.69) is 207 Å². The largest absolute Gasteiger partial charge is 0.354 e. The fourth-order valence-electron chi connectivity index (χ4n) is 12.5. The molecule has 0 fully saturated rings. The van der Waals surface area contributed by atoms with E-state index < -0.39 is 0 Å². The third-order valence-corrected chi connectivity index (χ3v) is 15.9. The summed E-state index contributed by atoms with van der Waals surface area (Å²) in [5, 5.41) is 0. The summed E-state index contributed by atoms with van der Waals surface area (Å²) < 4.78 is 0. The second-order valence-corrected chi connectivity index (χ2v) is 21.4. The van der Waals surface area contributed by atoms with Crippen LogP contribution < -0.4 is 0 Å². The Bertz CT molecular complexity index is 3870. The Morgan fingerprint density at radius 2 is 0.463 bits per heavy atom. The first kappa shape index (κ1) is 49.6. The fraction of sp³-hybridized carbons (Fsp3) is 0.111. The van der Waals surface area contributed by atoms with Gasteiger partial charge in [0.05, 0.1) is 22.8 Å². The molecule has 80 heavy (non-hydrogen) atoms. The van der Waals surface area contributed by atoms with Gasteiger partial charge in [-0.1, -0.05) is 72.8 Å². The Balaban J connectivity index is 1.17. The molecule has 0 saturated heterocycles. The van der Waals surface area contributed by atoms with Gasteiger partial charge in [-0.3, -0.25) is 19.9 Å². The molecule has 13 rings (SSSR count). The summed E-state index contributed by atoms with van der Waals surface area (Å²) in [7, 11) is 0. The molecule has 0 aliphatic carbocycles. The number of pyridine rings is 4. The van der Waals surface area contributed by atoms with Gasteiger partial charge in [-0.2, -0.15) is 0 Å². The highest BCUT2D eigenvalue weighted by molar-refractivity contribution is 6.02. The first-order valence-corrected chi connectivity index (χ1v) is 27.2. The Kier molecular flexibility index (Phi) is 12.5. The number of fused-ring (bicyclic) bond motifs is 8. The van der Waals surface area contributed by atoms with Gasteiger partial charge in [-0.25, -0.2) is 9.97 Å². The minimum Gasteiger partial charge on any atom is -0.354 e. The van der Waals surface area contributed by atoms with Gasteiger partial charge in [0.2, 0.25) is 0 Å². The highest BCUT2D eigenvalue weighted by Gasteiger charge is 2.25. The van der Waals surface area contributed by atoms with E-state index in [-0.39, 0.29) is 0 Å². The molecule has 2 aliphatic heterocycles. The topological polar surface area (TPSA) is 109 Å². The fourth-order valence-corrected chi connectivity index (χ4v) is 12.5. The van der Waals surface area contributed by atoms with E-state index >= 15 is 0 Å². The van der Waals surface area contributed by atoms with Gasteiger partial charge in [0.25, 0.3) is 0 Å². The summed E-state index contributed by atoms with van der Waals surface area (Å²) >= 11 is 0. The molecule has 0 spiro atoms. The summed E-state index contributed by atoms with van der Waals surface area (Å²) in [6.07, 6.45) is 23.8. The van der Waals surface area contributed by atoms with Crippen molar-refractivity contribution in [3.05, 3.63) is 238 Å². The van der Waals surface area contributed by atoms with Crippen LogP contribution in [0.25, 0.3) is 135 Å². The SMILES string of the molecule is Cc1cc(-c2cccnc2)cc(C)c1-c1c2nc(c(-c3c(C)cc(-c4cccnc4)cc3C)c3ccc([nH]3)c(-c3c(C)cc(-c4cccnc4)cc3C)c3nc(c(-c4c(C)cc(-c5cccnc5)cc4C)c4ccc1[nH]4)C=C3)C=C2. The second kappa shape index (κ2) is 20.1. The minimum absolute atomic E-state index is 0.864. The third kappa shape index (κ3) is 8.85. The first-order valence-electron chi connectivity index (χ1n) is 27.2. The van der Waals surface area contributed by atoms with Gasteiger partial charge in [0.1, 0.15) is 0 Å². The molecule has 8 heteroatoms. The molecule has 386 valence electrons. The standard InChI is InChI=1S/C72H58N8/c1-41-29-53(49-13-9-25-73-37-49)30-42(2)65(41)69-57-17-19-59(77-57)70(66-43(3)31-54(32-44(66)4)50-14-10-26-74-38-50)61-21-23-63(79-61)72(68-47(7)35-56(36-48(68)8)52-16-12-28-76-40-52)64-24-22-62(80-64)71(60-20-18-58(69)78-60)67-45(5)33-55(34-46(67)6)51-15-11-27-75-39-51/h9-40,77,80H,1-8H3. The molecule has 9 heterocycles. The molecule has 8 bridgehead atoms. The van der Waals surface area contributed by atoms with Gasteiger partial charge in [0, 0.05) is 116 Å². The summed E-state index contributed by atoms with van der Waals surface area (Å²) in [6, 6.07) is 43.6. The van der Waals surface area contributed by atoms with Crippen LogP contribution in [0.2, 0.25) is 0 Å². The molecule has 0 atom stereocenters. The molecular formula is C72H58N8. The van der Waals surface area contributed by atoms with E-state index in [4.69, 9.17) is 9.97 Å². The van der Waals surface area contributed by atoms with Gasteiger partial charge in [0.15, 0.2) is 0 Å². The van der Waals surface area contributed by atoms with Crippen LogP contribution in [0.4, 0.5) is 0 Å². The van der Waals surface area contributed by atoms with Crippen molar-refractivity contribution in [2.45, 2.75) is 55.4 Å². The molecule has 2 aliphatic rings. The first-order chi connectivity index (χ1) is 38.9. The number of hydrogen-bond donors (Lipinski definition) is 2. The van der Waals surface area contributed by atoms with Gasteiger partial charge in [-0.05, 0) is 217 Å². The van der Waals surface area contributed by atoms with Crippen LogP contribution in [0.15, 0.2) is 171 Å². The smallest absolute Gasteiger partial charge is 0.0737 e. The summed E-state index contributed by atoms with van der Waals surface area (Å²) in [4.78, 5) is 37.6. The van der Waals surface area contributed by atoms with E-state index in [1.807, 2.05) is 73.8 Å². The van der Waals surface area contributed by atoms with E-state index in [1.165, 1.54) is 0 Å². The summed E-state index contributed by atoms with van der Waals surface area (Å²) in [5.41, 5.74) is 33.7. The Morgan fingerprint density at radius 1 is 0.250 bits per heavy atom. The number of aryl methyl sites for hydroxylation is 8. The van der Waals surface area contributed by atoms with Crippen LogP contribution in [0.5, 0.6) is 0 Å². The summed E-state index contributed by atoms with van der Waals surface area (Å²) in [5.74, 6) is 0. The maximum Gasteiger partial charge on any atom is 0.0737 e. The number of aromatic nitrogens is 8. The zero-order chi connectivity index (χ0) is 54.8. The normalized spacial score (nSPS) is 11.9. The molecule has 0 saturated carbocycles. The number of benzene rings is 4. The molecule has 2 N–H and O–H groups in total. The monoisotopic (exact) mass is 1030 g/mol. The van der Waals surface area contributed by atoms with Gasteiger partial charge < -0.3 is 9.97 Å². The number of nitrogens with zero attached hydrogens (tertiary/aromatic N) is 6. The van der Waals surface area contributed by atoms with E-state index in [1.54, 1.807) is 0 Å². The van der Waals surface area contributed by atoms with Crippen molar-refractivity contribution in [2.24, 2.45) is 0 Å².